The normalized spacial score (nSPS) is 17.4. The van der Waals surface area contributed by atoms with Crippen LogP contribution in [0.25, 0.3) is 23.3 Å². The fourth-order valence-electron chi connectivity index (χ4n) is 4.47. The van der Waals surface area contributed by atoms with Crippen molar-refractivity contribution in [1.82, 2.24) is 0 Å². The van der Waals surface area contributed by atoms with Crippen molar-refractivity contribution in [3.05, 3.63) is 88.7 Å². The molecule has 0 radical (unpaired) electrons. The third-order valence-electron chi connectivity index (χ3n) is 6.67. The highest BCUT2D eigenvalue weighted by Crippen LogP contribution is 2.31. The first-order chi connectivity index (χ1) is 19.8. The van der Waals surface area contributed by atoms with E-state index in [1.807, 2.05) is 0 Å². The Kier molecular flexibility index (Phi) is 11.3. The Labute approximate surface area is 236 Å². The van der Waals surface area contributed by atoms with E-state index in [9.17, 15) is 17.6 Å². The quantitative estimate of drug-likeness (QED) is 0.116. The Morgan fingerprint density at radius 1 is 0.829 bits per heavy atom. The first-order valence-electron chi connectivity index (χ1n) is 13.7. The van der Waals surface area contributed by atoms with Gasteiger partial charge in [0.25, 0.3) is 0 Å². The van der Waals surface area contributed by atoms with Gasteiger partial charge in [-0.05, 0) is 41.8 Å². The highest BCUT2D eigenvalue weighted by atomic mass is 19.3. The van der Waals surface area contributed by atoms with E-state index < -0.39 is 36.1 Å². The molecule has 4 rings (SSSR count). The predicted octanol–water partition coefficient (Wildman–Crippen LogP) is 8.94. The number of hydrogen-bond acceptors (Lipinski definition) is 4. The lowest BCUT2D eigenvalue weighted by molar-refractivity contribution is -0.230. The zero-order valence-electron chi connectivity index (χ0n) is 22.8. The third kappa shape index (κ3) is 8.86. The van der Waals surface area contributed by atoms with Crippen LogP contribution in [-0.4, -0.2) is 32.5 Å². The molecule has 9 heteroatoms. The molecular formula is C32H33F5O4. The molecule has 1 saturated heterocycles. The molecule has 41 heavy (non-hydrogen) atoms. The number of rotatable bonds is 13. The first-order valence-corrected chi connectivity index (χ1v) is 13.7. The molecule has 1 fully saturated rings. The van der Waals surface area contributed by atoms with Crippen LogP contribution in [0.2, 0.25) is 0 Å². The van der Waals surface area contributed by atoms with Gasteiger partial charge in [-0.1, -0.05) is 75.1 Å². The molecule has 3 aromatic carbocycles. The second-order valence-electron chi connectivity index (χ2n) is 9.78. The highest BCUT2D eigenvalue weighted by Gasteiger charge is 2.25. The van der Waals surface area contributed by atoms with Crippen LogP contribution < -0.4 is 4.74 Å². The molecule has 0 amide bonds. The van der Waals surface area contributed by atoms with Crippen molar-refractivity contribution in [1.29, 1.82) is 0 Å². The third-order valence-corrected chi connectivity index (χ3v) is 6.67. The highest BCUT2D eigenvalue weighted by molar-refractivity contribution is 5.73. The van der Waals surface area contributed by atoms with E-state index in [-0.39, 0.29) is 17.2 Å². The fraction of sp³-hybridized carbons (Fsp3) is 0.375. The molecule has 0 aliphatic carbocycles. The van der Waals surface area contributed by atoms with Gasteiger partial charge in [-0.3, -0.25) is 0 Å². The van der Waals surface area contributed by atoms with Gasteiger partial charge < -0.3 is 18.9 Å². The van der Waals surface area contributed by atoms with E-state index in [4.69, 9.17) is 14.2 Å². The van der Waals surface area contributed by atoms with Gasteiger partial charge in [0.2, 0.25) is 0 Å². The topological polar surface area (TPSA) is 36.9 Å². The Bertz CT molecular complexity index is 1310. The minimum Gasteiger partial charge on any atom is -0.432 e. The molecule has 220 valence electrons. The van der Waals surface area contributed by atoms with Gasteiger partial charge in [0.05, 0.1) is 13.2 Å². The van der Waals surface area contributed by atoms with Crippen molar-refractivity contribution in [3.63, 3.8) is 0 Å². The molecule has 0 saturated carbocycles. The number of halogens is 5. The van der Waals surface area contributed by atoms with Gasteiger partial charge in [-0.25, -0.2) is 13.2 Å². The van der Waals surface area contributed by atoms with E-state index in [1.54, 1.807) is 18.2 Å². The summed E-state index contributed by atoms with van der Waals surface area (Å²) in [7, 11) is 0. The Balaban J connectivity index is 1.33. The second-order valence-corrected chi connectivity index (χ2v) is 9.78. The maximum atomic E-state index is 15.0. The summed E-state index contributed by atoms with van der Waals surface area (Å²) in [5.74, 6) is -2.71. The maximum absolute atomic E-state index is 15.0. The Morgan fingerprint density at radius 3 is 2.29 bits per heavy atom. The van der Waals surface area contributed by atoms with Crippen LogP contribution in [0.5, 0.6) is 5.75 Å². The van der Waals surface area contributed by atoms with Crippen LogP contribution >= 0.6 is 0 Å². The van der Waals surface area contributed by atoms with Gasteiger partial charge in [0, 0.05) is 23.3 Å². The summed E-state index contributed by atoms with van der Waals surface area (Å²) in [6, 6.07) is 12.2. The first kappa shape index (κ1) is 30.7. The molecule has 1 aliphatic rings. The Hall–Kier alpha value is -3.27. The minimum atomic E-state index is -3.14. The summed E-state index contributed by atoms with van der Waals surface area (Å²) in [4.78, 5) is 0. The average Bonchev–Trinajstić information content (AvgIpc) is 2.95. The molecule has 4 nitrogen and oxygen atoms in total. The van der Waals surface area contributed by atoms with Crippen LogP contribution in [0.3, 0.4) is 0 Å². The monoisotopic (exact) mass is 576 g/mol. The molecule has 0 aromatic heterocycles. The zero-order valence-corrected chi connectivity index (χ0v) is 22.8. The van der Waals surface area contributed by atoms with Gasteiger partial charge >= 0.3 is 6.61 Å². The average molecular weight is 577 g/mol. The largest absolute Gasteiger partial charge is 0.432 e. The molecule has 1 aliphatic heterocycles. The summed E-state index contributed by atoms with van der Waals surface area (Å²) in [6.45, 7) is 0.393. The van der Waals surface area contributed by atoms with E-state index in [2.05, 4.69) is 11.7 Å². The minimum absolute atomic E-state index is 0.157. The van der Waals surface area contributed by atoms with Crippen molar-refractivity contribution in [2.45, 2.75) is 58.0 Å². The van der Waals surface area contributed by atoms with Gasteiger partial charge in [-0.15, -0.1) is 0 Å². The lowest BCUT2D eigenvalue weighted by Gasteiger charge is -2.29. The van der Waals surface area contributed by atoms with Crippen molar-refractivity contribution < 1.29 is 40.9 Å². The molecule has 0 N–H and O–H groups in total. The predicted molar refractivity (Wildman–Crippen MR) is 147 cm³/mol. The van der Waals surface area contributed by atoms with Crippen LogP contribution in [-0.2, 0) is 14.2 Å². The maximum Gasteiger partial charge on any atom is 0.387 e. The number of alkyl halides is 2. The van der Waals surface area contributed by atoms with Crippen molar-refractivity contribution in [3.8, 4) is 16.9 Å². The van der Waals surface area contributed by atoms with Gasteiger partial charge in [0.1, 0.15) is 17.7 Å². The van der Waals surface area contributed by atoms with Crippen LogP contribution in [0, 0.1) is 17.5 Å². The lowest BCUT2D eigenvalue weighted by Crippen LogP contribution is -2.33. The summed E-state index contributed by atoms with van der Waals surface area (Å²) in [5.41, 5.74) is 1.56. The van der Waals surface area contributed by atoms with Gasteiger partial charge in [-0.2, -0.15) is 8.78 Å². The fourth-order valence-corrected chi connectivity index (χ4v) is 4.47. The zero-order chi connectivity index (χ0) is 29.2. The summed E-state index contributed by atoms with van der Waals surface area (Å²) < 4.78 is 89.8. The molecule has 0 bridgehead atoms. The Morgan fingerprint density at radius 2 is 1.61 bits per heavy atom. The summed E-state index contributed by atoms with van der Waals surface area (Å²) in [6.07, 6.45) is 7.73. The molecule has 3 aromatic rings. The molecule has 0 atom stereocenters. The number of ether oxygens (including phenoxy) is 4. The van der Waals surface area contributed by atoms with Crippen LogP contribution in [0.15, 0.2) is 54.6 Å². The van der Waals surface area contributed by atoms with Crippen LogP contribution in [0.1, 0.15) is 62.0 Å². The molecule has 0 spiro atoms. The standard InChI is InChI=1S/C32H33F5O4/c1-2-3-4-5-6-15-38-25-19-39-31(40-20-25)24-12-13-26(28(34)18-24)23-11-10-22(27(33)17-23)9-7-21-8-14-30(29(35)16-21)41-32(36)37/h7-14,16-18,25,31-32H,2-6,15,19-20H2,1H3/b9-7+. The van der Waals surface area contributed by atoms with E-state index in [1.165, 1.54) is 55.7 Å². The summed E-state index contributed by atoms with van der Waals surface area (Å²) >= 11 is 0. The SMILES string of the molecule is CCCCCCCOC1COC(c2ccc(-c3ccc(/C=C/c4ccc(OC(F)F)c(F)c4)c(F)c3)c(F)c2)OC1. The number of unbranched alkanes of at least 4 members (excludes halogenated alkanes) is 4. The number of benzene rings is 3. The second kappa shape index (κ2) is 15.1. The lowest BCUT2D eigenvalue weighted by atomic mass is 10.0. The van der Waals surface area contributed by atoms with Crippen molar-refractivity contribution in [2.24, 2.45) is 0 Å². The smallest absolute Gasteiger partial charge is 0.387 e. The van der Waals surface area contributed by atoms with Crippen LogP contribution in [0.4, 0.5) is 22.0 Å². The molecule has 1 heterocycles. The molecular weight excluding hydrogens is 543 g/mol. The molecule has 0 unspecified atom stereocenters. The van der Waals surface area contributed by atoms with E-state index in [0.717, 1.165) is 25.0 Å². The summed E-state index contributed by atoms with van der Waals surface area (Å²) in [5, 5.41) is 0. The van der Waals surface area contributed by atoms with Gasteiger partial charge in [0.15, 0.2) is 17.9 Å². The number of hydrogen-bond donors (Lipinski definition) is 0. The van der Waals surface area contributed by atoms with E-state index in [0.29, 0.717) is 36.5 Å². The van der Waals surface area contributed by atoms with Crippen molar-refractivity contribution in [2.75, 3.05) is 19.8 Å². The van der Waals surface area contributed by atoms with Crippen molar-refractivity contribution >= 4 is 12.2 Å². The van der Waals surface area contributed by atoms with E-state index >= 15 is 4.39 Å².